The highest BCUT2D eigenvalue weighted by Crippen LogP contribution is 2.29. The fourth-order valence-corrected chi connectivity index (χ4v) is 3.08. The summed E-state index contributed by atoms with van der Waals surface area (Å²) in [6.45, 7) is 7.60. The molecule has 2 nitrogen and oxygen atoms in total. The second-order valence-corrected chi connectivity index (χ2v) is 5.62. The van der Waals surface area contributed by atoms with Gasteiger partial charge in [-0.05, 0) is 31.9 Å². The monoisotopic (exact) mass is 274 g/mol. The molecule has 0 saturated heterocycles. The summed E-state index contributed by atoms with van der Waals surface area (Å²) in [7, 11) is 0. The number of hydrogen-bond donors (Lipinski definition) is 1. The lowest BCUT2D eigenvalue weighted by Gasteiger charge is -2.10. The average molecular weight is 274 g/mol. The smallest absolute Gasteiger partial charge is 0.123 e. The van der Waals surface area contributed by atoms with E-state index in [2.05, 4.69) is 55.7 Å². The number of nitrogens with one attached hydrogen (secondary N) is 1. The van der Waals surface area contributed by atoms with Crippen LogP contribution in [-0.2, 0) is 6.42 Å². The minimum Gasteiger partial charge on any atom is -0.309 e. The lowest BCUT2D eigenvalue weighted by Crippen LogP contribution is -2.19. The van der Waals surface area contributed by atoms with Gasteiger partial charge in [-0.25, -0.2) is 4.98 Å². The predicted molar refractivity (Wildman–Crippen MR) is 83.6 cm³/mol. The molecule has 1 heterocycles. The SMILES string of the molecule is CCCNC(C)c1csc(-c2ccccc2CC)n1. The predicted octanol–water partition coefficient (Wildman–Crippen LogP) is 4.43. The molecule has 1 unspecified atom stereocenters. The molecule has 0 radical (unpaired) electrons. The van der Waals surface area contributed by atoms with Crippen molar-refractivity contribution in [3.63, 3.8) is 0 Å². The van der Waals surface area contributed by atoms with Gasteiger partial charge in [0, 0.05) is 17.0 Å². The third-order valence-corrected chi connectivity index (χ3v) is 4.19. The fraction of sp³-hybridized carbons (Fsp3) is 0.438. The third-order valence-electron chi connectivity index (χ3n) is 3.29. The summed E-state index contributed by atoms with van der Waals surface area (Å²) in [4.78, 5) is 4.80. The van der Waals surface area contributed by atoms with E-state index in [1.807, 2.05) is 0 Å². The van der Waals surface area contributed by atoms with Crippen molar-refractivity contribution in [1.29, 1.82) is 0 Å². The summed E-state index contributed by atoms with van der Waals surface area (Å²) in [6.07, 6.45) is 2.20. The summed E-state index contributed by atoms with van der Waals surface area (Å²) in [5.41, 5.74) is 3.81. The average Bonchev–Trinajstić information content (AvgIpc) is 2.94. The largest absolute Gasteiger partial charge is 0.309 e. The standard InChI is InChI=1S/C16H22N2S/c1-4-10-17-12(3)15-11-19-16(18-15)14-9-7-6-8-13(14)5-2/h6-9,11-12,17H,4-5,10H2,1-3H3. The van der Waals surface area contributed by atoms with E-state index >= 15 is 0 Å². The van der Waals surface area contributed by atoms with Gasteiger partial charge in [0.25, 0.3) is 0 Å². The molecule has 1 N–H and O–H groups in total. The molecular weight excluding hydrogens is 252 g/mol. The van der Waals surface area contributed by atoms with Crippen LogP contribution in [0.15, 0.2) is 29.6 Å². The molecule has 2 aromatic rings. The van der Waals surface area contributed by atoms with Crippen LogP contribution in [0.1, 0.15) is 44.5 Å². The van der Waals surface area contributed by atoms with Gasteiger partial charge in [0.05, 0.1) is 5.69 Å². The molecule has 0 spiro atoms. The van der Waals surface area contributed by atoms with E-state index in [0.717, 1.165) is 30.1 Å². The Morgan fingerprint density at radius 3 is 2.79 bits per heavy atom. The zero-order valence-corrected chi connectivity index (χ0v) is 12.8. The topological polar surface area (TPSA) is 24.9 Å². The Bertz CT molecular complexity index is 519. The molecule has 102 valence electrons. The minimum absolute atomic E-state index is 0.332. The summed E-state index contributed by atoms with van der Waals surface area (Å²) in [5.74, 6) is 0. The number of thiazole rings is 1. The number of aromatic nitrogens is 1. The molecule has 1 aromatic carbocycles. The van der Waals surface area contributed by atoms with Crippen molar-refractivity contribution in [2.45, 2.75) is 39.7 Å². The molecule has 19 heavy (non-hydrogen) atoms. The Balaban J connectivity index is 2.20. The van der Waals surface area contributed by atoms with Crippen molar-refractivity contribution >= 4 is 11.3 Å². The highest BCUT2D eigenvalue weighted by Gasteiger charge is 2.12. The highest BCUT2D eigenvalue weighted by molar-refractivity contribution is 7.13. The van der Waals surface area contributed by atoms with E-state index in [1.54, 1.807) is 11.3 Å². The molecule has 0 fully saturated rings. The minimum atomic E-state index is 0.332. The molecular formula is C16H22N2S. The van der Waals surface area contributed by atoms with Gasteiger partial charge >= 0.3 is 0 Å². The first kappa shape index (κ1) is 14.2. The molecule has 0 saturated carbocycles. The molecule has 3 heteroatoms. The molecule has 0 aliphatic rings. The van der Waals surface area contributed by atoms with E-state index in [-0.39, 0.29) is 0 Å². The van der Waals surface area contributed by atoms with Crippen LogP contribution in [0, 0.1) is 0 Å². The fourth-order valence-electron chi connectivity index (χ4n) is 2.11. The van der Waals surface area contributed by atoms with Gasteiger partial charge in [0.2, 0.25) is 0 Å². The van der Waals surface area contributed by atoms with Crippen LogP contribution < -0.4 is 5.32 Å². The Labute approximate surface area is 119 Å². The van der Waals surface area contributed by atoms with Gasteiger partial charge in [-0.1, -0.05) is 38.1 Å². The Kier molecular flexibility index (Phi) is 5.11. The molecule has 1 atom stereocenters. The first-order chi connectivity index (χ1) is 9.26. The normalized spacial score (nSPS) is 12.6. The van der Waals surface area contributed by atoms with Crippen LogP contribution in [0.3, 0.4) is 0 Å². The maximum atomic E-state index is 4.80. The van der Waals surface area contributed by atoms with Crippen LogP contribution in [0.2, 0.25) is 0 Å². The first-order valence-electron chi connectivity index (χ1n) is 7.03. The summed E-state index contributed by atoms with van der Waals surface area (Å²) < 4.78 is 0. The van der Waals surface area contributed by atoms with Crippen molar-refractivity contribution in [2.24, 2.45) is 0 Å². The van der Waals surface area contributed by atoms with Gasteiger partial charge < -0.3 is 5.32 Å². The van der Waals surface area contributed by atoms with Crippen LogP contribution >= 0.6 is 11.3 Å². The van der Waals surface area contributed by atoms with E-state index in [0.29, 0.717) is 6.04 Å². The molecule has 0 aliphatic carbocycles. The second kappa shape index (κ2) is 6.83. The Morgan fingerprint density at radius 1 is 1.26 bits per heavy atom. The molecule has 0 amide bonds. The Hall–Kier alpha value is -1.19. The van der Waals surface area contributed by atoms with E-state index in [9.17, 15) is 0 Å². The summed E-state index contributed by atoms with van der Waals surface area (Å²) in [6, 6.07) is 8.89. The quantitative estimate of drug-likeness (QED) is 0.842. The lowest BCUT2D eigenvalue weighted by molar-refractivity contribution is 0.561. The van der Waals surface area contributed by atoms with E-state index in [4.69, 9.17) is 4.98 Å². The van der Waals surface area contributed by atoms with Crippen LogP contribution in [0.25, 0.3) is 10.6 Å². The summed E-state index contributed by atoms with van der Waals surface area (Å²) >= 11 is 1.74. The van der Waals surface area contributed by atoms with Crippen molar-refractivity contribution in [2.75, 3.05) is 6.54 Å². The van der Waals surface area contributed by atoms with Crippen molar-refractivity contribution in [3.05, 3.63) is 40.9 Å². The van der Waals surface area contributed by atoms with Crippen molar-refractivity contribution < 1.29 is 0 Å². The van der Waals surface area contributed by atoms with Gasteiger partial charge in [-0.3, -0.25) is 0 Å². The van der Waals surface area contributed by atoms with Crippen LogP contribution in [0.4, 0.5) is 0 Å². The molecule has 0 bridgehead atoms. The third kappa shape index (κ3) is 3.43. The van der Waals surface area contributed by atoms with Gasteiger partial charge in [-0.2, -0.15) is 0 Å². The molecule has 0 aliphatic heterocycles. The van der Waals surface area contributed by atoms with Crippen LogP contribution in [-0.4, -0.2) is 11.5 Å². The number of hydrogen-bond acceptors (Lipinski definition) is 3. The van der Waals surface area contributed by atoms with Crippen molar-refractivity contribution in [1.82, 2.24) is 10.3 Å². The Morgan fingerprint density at radius 2 is 2.05 bits per heavy atom. The highest BCUT2D eigenvalue weighted by atomic mass is 32.1. The summed E-state index contributed by atoms with van der Waals surface area (Å²) in [5, 5.41) is 6.80. The number of nitrogens with zero attached hydrogens (tertiary/aromatic N) is 1. The lowest BCUT2D eigenvalue weighted by atomic mass is 10.1. The maximum Gasteiger partial charge on any atom is 0.123 e. The zero-order valence-electron chi connectivity index (χ0n) is 11.9. The second-order valence-electron chi connectivity index (χ2n) is 4.76. The number of aryl methyl sites for hydroxylation is 1. The maximum absolute atomic E-state index is 4.80. The van der Waals surface area contributed by atoms with Gasteiger partial charge in [0.1, 0.15) is 5.01 Å². The number of rotatable bonds is 6. The first-order valence-corrected chi connectivity index (χ1v) is 7.91. The van der Waals surface area contributed by atoms with Gasteiger partial charge in [0.15, 0.2) is 0 Å². The van der Waals surface area contributed by atoms with E-state index < -0.39 is 0 Å². The van der Waals surface area contributed by atoms with Gasteiger partial charge in [-0.15, -0.1) is 11.3 Å². The van der Waals surface area contributed by atoms with E-state index in [1.165, 1.54) is 11.1 Å². The molecule has 2 rings (SSSR count). The molecule has 1 aromatic heterocycles. The van der Waals surface area contributed by atoms with Crippen molar-refractivity contribution in [3.8, 4) is 10.6 Å². The zero-order chi connectivity index (χ0) is 13.7. The van der Waals surface area contributed by atoms with Crippen LogP contribution in [0.5, 0.6) is 0 Å². The number of benzene rings is 1.